The predicted octanol–water partition coefficient (Wildman–Crippen LogP) is 4.42. The molecule has 0 fully saturated rings. The molecule has 0 aliphatic rings. The summed E-state index contributed by atoms with van der Waals surface area (Å²) in [6, 6.07) is 15.0. The molecule has 0 atom stereocenters. The maximum atomic E-state index is 12.4. The van der Waals surface area contributed by atoms with Crippen LogP contribution < -0.4 is 4.74 Å². The van der Waals surface area contributed by atoms with Gasteiger partial charge in [-0.1, -0.05) is 30.3 Å². The van der Waals surface area contributed by atoms with E-state index < -0.39 is 6.43 Å². The summed E-state index contributed by atoms with van der Waals surface area (Å²) in [6.45, 7) is 0. The zero-order chi connectivity index (χ0) is 11.4. The van der Waals surface area contributed by atoms with E-state index in [4.69, 9.17) is 4.74 Å². The number of halogens is 2. The summed E-state index contributed by atoms with van der Waals surface area (Å²) in [7, 11) is 0. The molecule has 0 saturated carbocycles. The zero-order valence-corrected chi connectivity index (χ0v) is 8.44. The van der Waals surface area contributed by atoms with Gasteiger partial charge in [-0.15, -0.1) is 0 Å². The summed E-state index contributed by atoms with van der Waals surface area (Å²) in [5.74, 6) is 1.05. The number of hydrogen-bond donors (Lipinski definition) is 0. The Morgan fingerprint density at radius 3 is 2.19 bits per heavy atom. The highest BCUT2D eigenvalue weighted by Gasteiger charge is 2.07. The first-order valence-electron chi connectivity index (χ1n) is 4.87. The van der Waals surface area contributed by atoms with Crippen molar-refractivity contribution < 1.29 is 13.5 Å². The van der Waals surface area contributed by atoms with Crippen LogP contribution in [0.15, 0.2) is 54.6 Å². The summed E-state index contributed by atoms with van der Waals surface area (Å²) in [6.07, 6.45) is -2.47. The fourth-order valence-corrected chi connectivity index (χ4v) is 1.34. The predicted molar refractivity (Wildman–Crippen MR) is 57.9 cm³/mol. The number of ether oxygens (including phenoxy) is 1. The van der Waals surface area contributed by atoms with Gasteiger partial charge in [-0.05, 0) is 24.3 Å². The minimum Gasteiger partial charge on any atom is -0.457 e. The lowest BCUT2D eigenvalue weighted by Crippen LogP contribution is -1.87. The van der Waals surface area contributed by atoms with E-state index in [9.17, 15) is 8.78 Å². The van der Waals surface area contributed by atoms with Gasteiger partial charge < -0.3 is 4.74 Å². The molecule has 0 saturated heterocycles. The summed E-state index contributed by atoms with van der Waals surface area (Å²) < 4.78 is 30.3. The standard InChI is InChI=1S/C13H10F2O/c14-13(15)10-5-4-8-12(9-10)16-11-6-2-1-3-7-11/h1-9,13H. The number of para-hydroxylation sites is 1. The van der Waals surface area contributed by atoms with Crippen LogP contribution in [0, 0.1) is 0 Å². The molecular formula is C13H10F2O. The molecule has 0 aliphatic carbocycles. The van der Waals surface area contributed by atoms with E-state index in [2.05, 4.69) is 0 Å². The van der Waals surface area contributed by atoms with Gasteiger partial charge in [-0.2, -0.15) is 0 Å². The van der Waals surface area contributed by atoms with Gasteiger partial charge in [0.1, 0.15) is 11.5 Å². The molecule has 0 heterocycles. The molecule has 3 heteroatoms. The maximum Gasteiger partial charge on any atom is 0.263 e. The molecule has 0 N–H and O–H groups in total. The normalized spacial score (nSPS) is 10.4. The first-order valence-corrected chi connectivity index (χ1v) is 4.87. The lowest BCUT2D eigenvalue weighted by atomic mass is 10.2. The molecule has 0 radical (unpaired) electrons. The second kappa shape index (κ2) is 4.75. The van der Waals surface area contributed by atoms with Crippen LogP contribution in [0.3, 0.4) is 0 Å². The quantitative estimate of drug-likeness (QED) is 0.744. The van der Waals surface area contributed by atoms with Crippen LogP contribution >= 0.6 is 0 Å². The fourth-order valence-electron chi connectivity index (χ4n) is 1.34. The summed E-state index contributed by atoms with van der Waals surface area (Å²) in [5, 5.41) is 0. The third kappa shape index (κ3) is 2.57. The minimum atomic E-state index is -2.47. The van der Waals surface area contributed by atoms with E-state index in [1.165, 1.54) is 12.1 Å². The third-order valence-corrected chi connectivity index (χ3v) is 2.09. The fraction of sp³-hybridized carbons (Fsp3) is 0.0769. The van der Waals surface area contributed by atoms with Gasteiger partial charge >= 0.3 is 0 Å². The van der Waals surface area contributed by atoms with Crippen LogP contribution in [0.5, 0.6) is 11.5 Å². The average molecular weight is 220 g/mol. The summed E-state index contributed by atoms with van der Waals surface area (Å²) in [4.78, 5) is 0. The number of alkyl halides is 2. The second-order valence-corrected chi connectivity index (χ2v) is 3.29. The van der Waals surface area contributed by atoms with Gasteiger partial charge in [0, 0.05) is 5.56 Å². The van der Waals surface area contributed by atoms with Crippen molar-refractivity contribution in [2.24, 2.45) is 0 Å². The van der Waals surface area contributed by atoms with Crippen LogP contribution in [-0.2, 0) is 0 Å². The molecule has 0 amide bonds. The highest BCUT2D eigenvalue weighted by atomic mass is 19.3. The van der Waals surface area contributed by atoms with Crippen molar-refractivity contribution in [2.75, 3.05) is 0 Å². The van der Waals surface area contributed by atoms with Crippen molar-refractivity contribution in [1.82, 2.24) is 0 Å². The van der Waals surface area contributed by atoms with Crippen molar-refractivity contribution in [3.05, 3.63) is 60.2 Å². The first kappa shape index (κ1) is 10.6. The second-order valence-electron chi connectivity index (χ2n) is 3.29. The Bertz CT molecular complexity index is 454. The Balaban J connectivity index is 2.19. The van der Waals surface area contributed by atoms with Gasteiger partial charge in [0.2, 0.25) is 0 Å². The van der Waals surface area contributed by atoms with E-state index in [1.807, 2.05) is 18.2 Å². The molecule has 0 aliphatic heterocycles. The van der Waals surface area contributed by atoms with Gasteiger partial charge in [0.15, 0.2) is 0 Å². The molecule has 0 unspecified atom stereocenters. The Morgan fingerprint density at radius 1 is 0.812 bits per heavy atom. The maximum absolute atomic E-state index is 12.4. The van der Waals surface area contributed by atoms with E-state index in [1.54, 1.807) is 24.3 Å². The van der Waals surface area contributed by atoms with E-state index in [0.717, 1.165) is 0 Å². The lowest BCUT2D eigenvalue weighted by molar-refractivity contribution is 0.151. The SMILES string of the molecule is FC(F)c1cccc(Oc2ccccc2)c1. The number of hydrogen-bond acceptors (Lipinski definition) is 1. The van der Waals surface area contributed by atoms with Gasteiger partial charge in [-0.25, -0.2) is 8.78 Å². The first-order chi connectivity index (χ1) is 7.75. The largest absolute Gasteiger partial charge is 0.457 e. The topological polar surface area (TPSA) is 9.23 Å². The number of benzene rings is 2. The monoisotopic (exact) mass is 220 g/mol. The third-order valence-electron chi connectivity index (χ3n) is 2.09. The van der Waals surface area contributed by atoms with Crippen molar-refractivity contribution >= 4 is 0 Å². The Morgan fingerprint density at radius 2 is 1.50 bits per heavy atom. The van der Waals surface area contributed by atoms with Gasteiger partial charge in [-0.3, -0.25) is 0 Å². The van der Waals surface area contributed by atoms with Gasteiger partial charge in [0.25, 0.3) is 6.43 Å². The Kier molecular flexibility index (Phi) is 3.15. The Labute approximate surface area is 92.3 Å². The van der Waals surface area contributed by atoms with E-state index >= 15 is 0 Å². The van der Waals surface area contributed by atoms with Crippen LogP contribution in [0.1, 0.15) is 12.0 Å². The highest BCUT2D eigenvalue weighted by Crippen LogP contribution is 2.26. The van der Waals surface area contributed by atoms with Crippen molar-refractivity contribution in [3.63, 3.8) is 0 Å². The molecule has 0 bridgehead atoms. The summed E-state index contributed by atoms with van der Waals surface area (Å²) in [5.41, 5.74) is -0.0339. The molecule has 16 heavy (non-hydrogen) atoms. The molecule has 0 aromatic heterocycles. The molecular weight excluding hydrogens is 210 g/mol. The minimum absolute atomic E-state index is 0.0339. The molecule has 82 valence electrons. The van der Waals surface area contributed by atoms with Crippen LogP contribution in [-0.4, -0.2) is 0 Å². The van der Waals surface area contributed by atoms with Crippen LogP contribution in [0.4, 0.5) is 8.78 Å². The average Bonchev–Trinajstić information content (AvgIpc) is 2.30. The lowest BCUT2D eigenvalue weighted by Gasteiger charge is -2.06. The van der Waals surface area contributed by atoms with Crippen molar-refractivity contribution in [3.8, 4) is 11.5 Å². The molecule has 2 rings (SSSR count). The number of rotatable bonds is 3. The molecule has 0 spiro atoms. The van der Waals surface area contributed by atoms with Crippen molar-refractivity contribution in [2.45, 2.75) is 6.43 Å². The molecule has 1 nitrogen and oxygen atoms in total. The Hall–Kier alpha value is -1.90. The van der Waals surface area contributed by atoms with Crippen LogP contribution in [0.2, 0.25) is 0 Å². The van der Waals surface area contributed by atoms with E-state index in [0.29, 0.717) is 11.5 Å². The highest BCUT2D eigenvalue weighted by molar-refractivity contribution is 5.34. The van der Waals surface area contributed by atoms with Gasteiger partial charge in [0.05, 0.1) is 0 Å². The summed E-state index contributed by atoms with van der Waals surface area (Å²) >= 11 is 0. The molecule has 2 aromatic carbocycles. The zero-order valence-electron chi connectivity index (χ0n) is 8.44. The molecule has 2 aromatic rings. The van der Waals surface area contributed by atoms with E-state index in [-0.39, 0.29) is 5.56 Å². The van der Waals surface area contributed by atoms with Crippen molar-refractivity contribution in [1.29, 1.82) is 0 Å². The van der Waals surface area contributed by atoms with Crippen LogP contribution in [0.25, 0.3) is 0 Å². The smallest absolute Gasteiger partial charge is 0.263 e.